The van der Waals surface area contributed by atoms with Crippen LogP contribution in [0.3, 0.4) is 0 Å². The van der Waals surface area contributed by atoms with Gasteiger partial charge in [-0.1, -0.05) is 0 Å². The molecule has 0 aliphatic carbocycles. The van der Waals surface area contributed by atoms with Gasteiger partial charge in [0.15, 0.2) is 0 Å². The van der Waals surface area contributed by atoms with E-state index in [1.807, 2.05) is 0 Å². The van der Waals surface area contributed by atoms with Crippen LogP contribution >= 0.6 is 0 Å². The Morgan fingerprint density at radius 2 is 2.16 bits per heavy atom. The first-order valence-corrected chi connectivity index (χ1v) is 6.19. The van der Waals surface area contributed by atoms with Crippen molar-refractivity contribution in [3.8, 4) is 0 Å². The number of piperidine rings is 1. The third-order valence-electron chi connectivity index (χ3n) is 3.25. The van der Waals surface area contributed by atoms with Gasteiger partial charge in [-0.2, -0.15) is 0 Å². The van der Waals surface area contributed by atoms with Crippen molar-refractivity contribution in [1.82, 2.24) is 20.2 Å². The zero-order valence-electron chi connectivity index (χ0n) is 10.5. The molecule has 7 heteroatoms. The van der Waals surface area contributed by atoms with Crippen LogP contribution in [0, 0.1) is 5.92 Å². The summed E-state index contributed by atoms with van der Waals surface area (Å²) in [5.41, 5.74) is 0.345. The van der Waals surface area contributed by atoms with Gasteiger partial charge >= 0.3 is 6.09 Å². The first kappa shape index (κ1) is 13.3. The average molecular weight is 264 g/mol. The number of amides is 2. The van der Waals surface area contributed by atoms with E-state index in [0.717, 1.165) is 12.8 Å². The fourth-order valence-corrected chi connectivity index (χ4v) is 2.08. The number of carbonyl (C=O) groups is 2. The summed E-state index contributed by atoms with van der Waals surface area (Å²) in [5.74, 6) is 0.101. The van der Waals surface area contributed by atoms with Gasteiger partial charge in [0, 0.05) is 25.8 Å². The Hall–Kier alpha value is -2.18. The molecule has 1 aliphatic heterocycles. The van der Waals surface area contributed by atoms with Crippen molar-refractivity contribution in [2.75, 3.05) is 19.6 Å². The van der Waals surface area contributed by atoms with Crippen LogP contribution in [0.5, 0.6) is 0 Å². The SMILES string of the molecule is O=C(NCC1CCN(C(=O)O)CC1)c1ccncn1. The van der Waals surface area contributed by atoms with Gasteiger partial charge in [-0.25, -0.2) is 14.8 Å². The highest BCUT2D eigenvalue weighted by Crippen LogP contribution is 2.16. The summed E-state index contributed by atoms with van der Waals surface area (Å²) >= 11 is 0. The van der Waals surface area contributed by atoms with Crippen LogP contribution in [0.1, 0.15) is 23.3 Å². The fraction of sp³-hybridized carbons (Fsp3) is 0.500. The molecule has 0 unspecified atom stereocenters. The zero-order chi connectivity index (χ0) is 13.7. The van der Waals surface area contributed by atoms with Crippen LogP contribution < -0.4 is 5.32 Å². The number of hydrogen-bond acceptors (Lipinski definition) is 4. The Bertz CT molecular complexity index is 444. The Labute approximate surface area is 110 Å². The molecule has 1 saturated heterocycles. The molecule has 0 aromatic carbocycles. The van der Waals surface area contributed by atoms with Crippen molar-refractivity contribution >= 4 is 12.0 Å². The number of hydrogen-bond donors (Lipinski definition) is 2. The summed E-state index contributed by atoms with van der Waals surface area (Å²) in [6, 6.07) is 1.56. The van der Waals surface area contributed by atoms with Crippen LogP contribution in [0.15, 0.2) is 18.6 Å². The highest BCUT2D eigenvalue weighted by molar-refractivity contribution is 5.92. The molecule has 0 radical (unpaired) electrons. The molecule has 102 valence electrons. The molecule has 2 heterocycles. The topological polar surface area (TPSA) is 95.4 Å². The van der Waals surface area contributed by atoms with Crippen molar-refractivity contribution in [3.63, 3.8) is 0 Å². The lowest BCUT2D eigenvalue weighted by molar-refractivity contribution is 0.0923. The Kier molecular flexibility index (Phi) is 4.27. The van der Waals surface area contributed by atoms with Gasteiger partial charge in [-0.05, 0) is 24.8 Å². The molecule has 1 aromatic heterocycles. The van der Waals surface area contributed by atoms with Gasteiger partial charge in [-0.3, -0.25) is 4.79 Å². The summed E-state index contributed by atoms with van der Waals surface area (Å²) in [5, 5.41) is 11.7. The van der Waals surface area contributed by atoms with Crippen molar-refractivity contribution < 1.29 is 14.7 Å². The van der Waals surface area contributed by atoms with Crippen LogP contribution in [0.4, 0.5) is 4.79 Å². The van der Waals surface area contributed by atoms with Crippen molar-refractivity contribution in [2.45, 2.75) is 12.8 Å². The average Bonchev–Trinajstić information content (AvgIpc) is 2.46. The first-order valence-electron chi connectivity index (χ1n) is 6.19. The van der Waals surface area contributed by atoms with Crippen molar-refractivity contribution in [2.24, 2.45) is 5.92 Å². The molecule has 1 aromatic rings. The number of nitrogens with zero attached hydrogens (tertiary/aromatic N) is 3. The molecule has 0 spiro atoms. The maximum atomic E-state index is 11.8. The third kappa shape index (κ3) is 3.64. The highest BCUT2D eigenvalue weighted by Gasteiger charge is 2.22. The normalized spacial score (nSPS) is 16.1. The second-order valence-electron chi connectivity index (χ2n) is 4.52. The van der Waals surface area contributed by atoms with E-state index < -0.39 is 6.09 Å². The van der Waals surface area contributed by atoms with E-state index in [9.17, 15) is 9.59 Å². The van der Waals surface area contributed by atoms with Crippen LogP contribution in [-0.2, 0) is 0 Å². The molecule has 19 heavy (non-hydrogen) atoms. The summed E-state index contributed by atoms with van der Waals surface area (Å²) in [4.78, 5) is 31.5. The molecular formula is C12H16N4O3. The molecule has 7 nitrogen and oxygen atoms in total. The standard InChI is InChI=1S/C12H16N4O3/c17-11(10-1-4-13-8-15-10)14-7-9-2-5-16(6-3-9)12(18)19/h1,4,8-9H,2-3,5-7H2,(H,14,17)(H,18,19). The van der Waals surface area contributed by atoms with Crippen molar-refractivity contribution in [1.29, 1.82) is 0 Å². The van der Waals surface area contributed by atoms with Gasteiger partial charge in [0.25, 0.3) is 5.91 Å². The smallest absolute Gasteiger partial charge is 0.407 e. The van der Waals surface area contributed by atoms with E-state index in [1.54, 1.807) is 6.07 Å². The van der Waals surface area contributed by atoms with Crippen molar-refractivity contribution in [3.05, 3.63) is 24.3 Å². The summed E-state index contributed by atoms with van der Waals surface area (Å²) in [7, 11) is 0. The van der Waals surface area contributed by atoms with E-state index in [0.29, 0.717) is 31.2 Å². The first-order chi connectivity index (χ1) is 9.16. The number of nitrogens with one attached hydrogen (secondary N) is 1. The van der Waals surface area contributed by atoms with Crippen LogP contribution in [0.25, 0.3) is 0 Å². The second kappa shape index (κ2) is 6.12. The molecule has 2 rings (SSSR count). The predicted octanol–water partition coefficient (Wildman–Crippen LogP) is 0.596. The predicted molar refractivity (Wildman–Crippen MR) is 66.7 cm³/mol. The van der Waals surface area contributed by atoms with Gasteiger partial charge < -0.3 is 15.3 Å². The van der Waals surface area contributed by atoms with Gasteiger partial charge in [-0.15, -0.1) is 0 Å². The van der Waals surface area contributed by atoms with Gasteiger partial charge in [0.1, 0.15) is 12.0 Å². The minimum absolute atomic E-state index is 0.219. The summed E-state index contributed by atoms with van der Waals surface area (Å²) < 4.78 is 0. The van der Waals surface area contributed by atoms with Gasteiger partial charge in [0.2, 0.25) is 0 Å². The number of likely N-dealkylation sites (tertiary alicyclic amines) is 1. The summed E-state index contributed by atoms with van der Waals surface area (Å²) in [6.45, 7) is 1.61. The maximum absolute atomic E-state index is 11.8. The molecule has 0 saturated carbocycles. The molecule has 1 aliphatic rings. The number of rotatable bonds is 3. The molecule has 2 amide bonds. The second-order valence-corrected chi connectivity index (χ2v) is 4.52. The third-order valence-corrected chi connectivity index (χ3v) is 3.25. The Morgan fingerprint density at radius 3 is 2.74 bits per heavy atom. The van der Waals surface area contributed by atoms with E-state index in [-0.39, 0.29) is 5.91 Å². The summed E-state index contributed by atoms with van der Waals surface area (Å²) in [6.07, 6.45) is 3.53. The quantitative estimate of drug-likeness (QED) is 0.833. The van der Waals surface area contributed by atoms with E-state index in [1.165, 1.54) is 17.4 Å². The fourth-order valence-electron chi connectivity index (χ4n) is 2.08. The largest absolute Gasteiger partial charge is 0.465 e. The highest BCUT2D eigenvalue weighted by atomic mass is 16.4. The van der Waals surface area contributed by atoms with E-state index >= 15 is 0 Å². The van der Waals surface area contributed by atoms with Crippen LogP contribution in [-0.4, -0.2) is 51.6 Å². The Morgan fingerprint density at radius 1 is 1.42 bits per heavy atom. The number of aromatic nitrogens is 2. The molecular weight excluding hydrogens is 248 g/mol. The minimum Gasteiger partial charge on any atom is -0.465 e. The monoisotopic (exact) mass is 264 g/mol. The van der Waals surface area contributed by atoms with Gasteiger partial charge in [0.05, 0.1) is 0 Å². The molecule has 0 bridgehead atoms. The zero-order valence-corrected chi connectivity index (χ0v) is 10.5. The van der Waals surface area contributed by atoms with E-state index in [4.69, 9.17) is 5.11 Å². The number of carboxylic acid groups (broad SMARTS) is 1. The van der Waals surface area contributed by atoms with Crippen LogP contribution in [0.2, 0.25) is 0 Å². The lowest BCUT2D eigenvalue weighted by Gasteiger charge is -2.29. The molecule has 2 N–H and O–H groups in total. The Balaban J connectivity index is 1.75. The maximum Gasteiger partial charge on any atom is 0.407 e. The lowest BCUT2D eigenvalue weighted by Crippen LogP contribution is -2.41. The number of carbonyl (C=O) groups excluding carboxylic acids is 1. The van der Waals surface area contributed by atoms with E-state index in [2.05, 4.69) is 15.3 Å². The lowest BCUT2D eigenvalue weighted by atomic mass is 9.97. The molecule has 1 fully saturated rings. The molecule has 0 atom stereocenters. The minimum atomic E-state index is -0.872.